The minimum atomic E-state index is -0.153. The van der Waals surface area contributed by atoms with E-state index in [-0.39, 0.29) is 17.4 Å². The molecule has 15 heavy (non-hydrogen) atoms. The summed E-state index contributed by atoms with van der Waals surface area (Å²) < 4.78 is 4.98. The van der Waals surface area contributed by atoms with Crippen molar-refractivity contribution < 1.29 is 9.53 Å². The fourth-order valence-electron chi connectivity index (χ4n) is 1.47. The zero-order valence-electron chi connectivity index (χ0n) is 8.43. The van der Waals surface area contributed by atoms with Crippen molar-refractivity contribution in [2.45, 2.75) is 18.3 Å². The fourth-order valence-corrected chi connectivity index (χ4v) is 3.46. The normalized spacial score (nSPS) is 25.4. The Balaban J connectivity index is 1.92. The van der Waals surface area contributed by atoms with Gasteiger partial charge in [-0.3, -0.25) is 10.1 Å². The fraction of sp³-hybridized carbons (Fsp3) is 0.500. The third-order valence-corrected chi connectivity index (χ3v) is 4.17. The number of rotatable bonds is 3. The number of esters is 1. The Kier molecular flexibility index (Phi) is 3.66. The molecular formula is C10H13NO2S2. The summed E-state index contributed by atoms with van der Waals surface area (Å²) in [6.45, 7) is 2.28. The molecule has 2 atom stereocenters. The first kappa shape index (κ1) is 11.0. The van der Waals surface area contributed by atoms with Crippen LogP contribution in [0, 0.1) is 0 Å². The van der Waals surface area contributed by atoms with Crippen molar-refractivity contribution in [2.75, 3.05) is 12.4 Å². The van der Waals surface area contributed by atoms with Gasteiger partial charge < -0.3 is 4.74 Å². The van der Waals surface area contributed by atoms with Gasteiger partial charge in [-0.25, -0.2) is 0 Å². The molecule has 82 valence electrons. The van der Waals surface area contributed by atoms with Crippen LogP contribution >= 0.6 is 23.1 Å². The van der Waals surface area contributed by atoms with Crippen molar-refractivity contribution in [3.8, 4) is 0 Å². The molecule has 5 heteroatoms. The summed E-state index contributed by atoms with van der Waals surface area (Å²) in [5, 5.41) is 7.67. The maximum atomic E-state index is 11.5. The van der Waals surface area contributed by atoms with Crippen molar-refractivity contribution in [3.05, 3.63) is 22.4 Å². The second-order valence-corrected chi connectivity index (χ2v) is 5.16. The lowest BCUT2D eigenvalue weighted by Gasteiger charge is -2.11. The van der Waals surface area contributed by atoms with Gasteiger partial charge in [-0.05, 0) is 29.3 Å². The van der Waals surface area contributed by atoms with Crippen LogP contribution in [-0.2, 0) is 9.53 Å². The highest BCUT2D eigenvalue weighted by atomic mass is 32.2. The molecule has 1 aliphatic rings. The number of hydrogen-bond donors (Lipinski definition) is 1. The van der Waals surface area contributed by atoms with Crippen molar-refractivity contribution in [1.82, 2.24) is 5.32 Å². The molecule has 0 saturated carbocycles. The average Bonchev–Trinajstić information content (AvgIpc) is 2.89. The maximum absolute atomic E-state index is 11.5. The minimum absolute atomic E-state index is 0.136. The predicted molar refractivity (Wildman–Crippen MR) is 63.1 cm³/mol. The highest BCUT2D eigenvalue weighted by Gasteiger charge is 2.31. The van der Waals surface area contributed by atoms with Crippen LogP contribution in [0.4, 0.5) is 0 Å². The van der Waals surface area contributed by atoms with Gasteiger partial charge in [-0.1, -0.05) is 0 Å². The number of carbonyl (C=O) groups is 1. The summed E-state index contributed by atoms with van der Waals surface area (Å²) in [6.07, 6.45) is 0. The lowest BCUT2D eigenvalue weighted by molar-refractivity contribution is -0.144. The highest BCUT2D eigenvalue weighted by molar-refractivity contribution is 7.99. The molecule has 0 bridgehead atoms. The number of nitrogens with one attached hydrogen (secondary N) is 1. The number of thiophene rings is 1. The van der Waals surface area contributed by atoms with Gasteiger partial charge in [0.15, 0.2) is 0 Å². The molecule has 0 radical (unpaired) electrons. The van der Waals surface area contributed by atoms with Gasteiger partial charge in [0.25, 0.3) is 0 Å². The van der Waals surface area contributed by atoms with Crippen LogP contribution in [0.1, 0.15) is 17.9 Å². The third kappa shape index (κ3) is 2.53. The van der Waals surface area contributed by atoms with Gasteiger partial charge in [0.2, 0.25) is 0 Å². The largest absolute Gasteiger partial charge is 0.465 e. The average molecular weight is 243 g/mol. The van der Waals surface area contributed by atoms with Gasteiger partial charge in [-0.15, -0.1) is 11.8 Å². The smallest absolute Gasteiger partial charge is 0.324 e. The number of thioether (sulfide) groups is 1. The van der Waals surface area contributed by atoms with Crippen molar-refractivity contribution >= 4 is 29.1 Å². The van der Waals surface area contributed by atoms with Gasteiger partial charge in [-0.2, -0.15) is 11.3 Å². The summed E-state index contributed by atoms with van der Waals surface area (Å²) in [7, 11) is 0. The number of ether oxygens (including phenoxy) is 1. The van der Waals surface area contributed by atoms with Crippen LogP contribution in [0.2, 0.25) is 0 Å². The second kappa shape index (κ2) is 5.01. The Morgan fingerprint density at radius 2 is 2.60 bits per heavy atom. The zero-order chi connectivity index (χ0) is 10.7. The molecule has 1 aromatic rings. The molecule has 1 aliphatic heterocycles. The van der Waals surface area contributed by atoms with E-state index in [2.05, 4.69) is 22.1 Å². The zero-order valence-corrected chi connectivity index (χ0v) is 10.1. The van der Waals surface area contributed by atoms with Crippen LogP contribution in [0.25, 0.3) is 0 Å². The lowest BCUT2D eigenvalue weighted by atomic mass is 10.3. The lowest BCUT2D eigenvalue weighted by Crippen LogP contribution is -2.35. The predicted octanol–water partition coefficient (Wildman–Crippen LogP) is 2.01. The van der Waals surface area contributed by atoms with Crippen LogP contribution in [0.3, 0.4) is 0 Å². The van der Waals surface area contributed by atoms with Gasteiger partial charge >= 0.3 is 5.97 Å². The van der Waals surface area contributed by atoms with Gasteiger partial charge in [0.1, 0.15) is 6.04 Å². The van der Waals surface area contributed by atoms with Gasteiger partial charge in [0.05, 0.1) is 12.0 Å². The summed E-state index contributed by atoms with van der Waals surface area (Å²) in [4.78, 5) is 11.5. The Bertz CT molecular complexity index is 326. The van der Waals surface area contributed by atoms with Crippen molar-refractivity contribution in [1.29, 1.82) is 0 Å². The SMILES string of the molecule is CCOC(=O)[C@H]1CS[C@H](c2ccsc2)N1. The summed E-state index contributed by atoms with van der Waals surface area (Å²) in [6, 6.07) is 1.93. The van der Waals surface area contributed by atoms with E-state index in [1.165, 1.54) is 5.56 Å². The molecule has 0 unspecified atom stereocenters. The monoisotopic (exact) mass is 243 g/mol. The van der Waals surface area contributed by atoms with E-state index in [0.29, 0.717) is 6.61 Å². The first-order valence-corrected chi connectivity index (χ1v) is 6.87. The molecule has 2 rings (SSSR count). The third-order valence-electron chi connectivity index (χ3n) is 2.20. The molecule has 1 fully saturated rings. The summed E-state index contributed by atoms with van der Waals surface area (Å²) >= 11 is 3.43. The molecule has 2 heterocycles. The first-order chi connectivity index (χ1) is 7.31. The highest BCUT2D eigenvalue weighted by Crippen LogP contribution is 2.33. The van der Waals surface area contributed by atoms with E-state index in [0.717, 1.165) is 5.75 Å². The summed E-state index contributed by atoms with van der Waals surface area (Å²) in [5.41, 5.74) is 1.25. The van der Waals surface area contributed by atoms with E-state index in [9.17, 15) is 4.79 Å². The minimum Gasteiger partial charge on any atom is -0.465 e. The standard InChI is InChI=1S/C10H13NO2S2/c1-2-13-10(12)8-6-15-9(11-8)7-3-4-14-5-7/h3-5,8-9,11H,2,6H2,1H3/t8-,9-/m1/s1. The molecule has 0 aromatic carbocycles. The Labute approximate surface area is 97.2 Å². The molecule has 1 N–H and O–H groups in total. The van der Waals surface area contributed by atoms with E-state index in [1.54, 1.807) is 23.1 Å². The Hall–Kier alpha value is -0.520. The first-order valence-electron chi connectivity index (χ1n) is 4.87. The van der Waals surface area contributed by atoms with Crippen LogP contribution < -0.4 is 5.32 Å². The van der Waals surface area contributed by atoms with Gasteiger partial charge in [0, 0.05) is 5.75 Å². The molecule has 0 aliphatic carbocycles. The molecule has 0 spiro atoms. The Morgan fingerprint density at radius 3 is 3.27 bits per heavy atom. The van der Waals surface area contributed by atoms with E-state index >= 15 is 0 Å². The number of carbonyl (C=O) groups excluding carboxylic acids is 1. The molecule has 1 saturated heterocycles. The van der Waals surface area contributed by atoms with Crippen LogP contribution in [0.15, 0.2) is 16.8 Å². The molecule has 1 aromatic heterocycles. The second-order valence-electron chi connectivity index (χ2n) is 3.24. The molecule has 3 nitrogen and oxygen atoms in total. The number of hydrogen-bond acceptors (Lipinski definition) is 5. The van der Waals surface area contributed by atoms with Crippen LogP contribution in [0.5, 0.6) is 0 Å². The van der Waals surface area contributed by atoms with E-state index in [4.69, 9.17) is 4.74 Å². The quantitative estimate of drug-likeness (QED) is 0.824. The van der Waals surface area contributed by atoms with Crippen molar-refractivity contribution in [3.63, 3.8) is 0 Å². The molecular weight excluding hydrogens is 230 g/mol. The van der Waals surface area contributed by atoms with Crippen LogP contribution in [-0.4, -0.2) is 24.4 Å². The topological polar surface area (TPSA) is 38.3 Å². The maximum Gasteiger partial charge on any atom is 0.324 e. The van der Waals surface area contributed by atoms with E-state index < -0.39 is 0 Å². The summed E-state index contributed by atoms with van der Waals surface area (Å²) in [5.74, 6) is 0.655. The van der Waals surface area contributed by atoms with E-state index in [1.807, 2.05) is 6.92 Å². The van der Waals surface area contributed by atoms with Crippen molar-refractivity contribution in [2.24, 2.45) is 0 Å². The Morgan fingerprint density at radius 1 is 1.73 bits per heavy atom. The molecule has 0 amide bonds.